The Morgan fingerprint density at radius 1 is 1.12 bits per heavy atom. The predicted molar refractivity (Wildman–Crippen MR) is 98.8 cm³/mol. The first-order chi connectivity index (χ1) is 11.6. The van der Waals surface area contributed by atoms with Crippen LogP contribution in [0.4, 0.5) is 0 Å². The fraction of sp³-hybridized carbons (Fsp3) is 0.250. The van der Waals surface area contributed by atoms with E-state index in [2.05, 4.69) is 65.0 Å². The number of amides is 1. The molecule has 3 N–H and O–H groups in total. The number of hydrogen-bond acceptors (Lipinski definition) is 2. The lowest BCUT2D eigenvalue weighted by atomic mass is 10.0. The Labute approximate surface area is 142 Å². The molecule has 0 spiro atoms. The largest absolute Gasteiger partial charge is 0.354 e. The van der Waals surface area contributed by atoms with E-state index in [4.69, 9.17) is 0 Å². The highest BCUT2D eigenvalue weighted by Gasteiger charge is 2.13. The van der Waals surface area contributed by atoms with Crippen LogP contribution in [0.15, 0.2) is 42.5 Å². The second-order valence-corrected chi connectivity index (χ2v) is 6.10. The molecule has 0 aliphatic rings. The number of benzene rings is 2. The zero-order valence-corrected chi connectivity index (χ0v) is 14.4. The van der Waals surface area contributed by atoms with Gasteiger partial charge in [-0.1, -0.05) is 30.3 Å². The van der Waals surface area contributed by atoms with Crippen LogP contribution >= 0.6 is 0 Å². The maximum Gasteiger partial charge on any atom is 0.217 e. The lowest BCUT2D eigenvalue weighted by molar-refractivity contribution is -0.119. The fourth-order valence-corrected chi connectivity index (χ4v) is 3.09. The number of fused-ring (bicyclic) bond motifs is 1. The zero-order valence-electron chi connectivity index (χ0n) is 14.4. The number of carbonyl (C=O) groups is 1. The van der Waals surface area contributed by atoms with Gasteiger partial charge >= 0.3 is 0 Å². The van der Waals surface area contributed by atoms with Crippen molar-refractivity contribution >= 4 is 16.8 Å². The molecule has 0 aliphatic heterocycles. The number of aromatic nitrogens is 1. The molecular formula is C20H23N3O. The summed E-state index contributed by atoms with van der Waals surface area (Å²) < 4.78 is 0. The van der Waals surface area contributed by atoms with Gasteiger partial charge in [0.05, 0.1) is 0 Å². The molecule has 1 heterocycles. The second kappa shape index (κ2) is 6.89. The Hall–Kier alpha value is -2.59. The molecule has 0 radical (unpaired) electrons. The summed E-state index contributed by atoms with van der Waals surface area (Å²) in [4.78, 5) is 14.7. The zero-order chi connectivity index (χ0) is 17.1. The van der Waals surface area contributed by atoms with Crippen molar-refractivity contribution in [2.75, 3.05) is 7.05 Å². The van der Waals surface area contributed by atoms with Crippen molar-refractivity contribution in [1.29, 1.82) is 0 Å². The molecule has 0 fully saturated rings. The molecule has 3 rings (SSSR count). The number of carbonyl (C=O) groups excluding carboxylic acids is 1. The van der Waals surface area contributed by atoms with Crippen LogP contribution in [0.5, 0.6) is 0 Å². The quantitative estimate of drug-likeness (QED) is 0.673. The highest BCUT2D eigenvalue weighted by atomic mass is 16.1. The van der Waals surface area contributed by atoms with Gasteiger partial charge in [-0.3, -0.25) is 4.79 Å². The Balaban J connectivity index is 2.04. The van der Waals surface area contributed by atoms with Crippen LogP contribution < -0.4 is 10.6 Å². The van der Waals surface area contributed by atoms with Crippen LogP contribution in [-0.4, -0.2) is 17.9 Å². The summed E-state index contributed by atoms with van der Waals surface area (Å²) >= 11 is 0. The number of hydrogen-bond donors (Lipinski definition) is 3. The molecule has 1 aromatic heterocycles. The minimum Gasteiger partial charge on any atom is -0.354 e. The Bertz CT molecular complexity index is 880. The van der Waals surface area contributed by atoms with E-state index in [1.807, 2.05) is 7.05 Å². The molecule has 0 aliphatic carbocycles. The van der Waals surface area contributed by atoms with E-state index in [0.717, 1.165) is 23.3 Å². The molecule has 0 unspecified atom stereocenters. The van der Waals surface area contributed by atoms with Crippen molar-refractivity contribution in [1.82, 2.24) is 15.6 Å². The van der Waals surface area contributed by atoms with Crippen molar-refractivity contribution in [3.05, 3.63) is 59.2 Å². The van der Waals surface area contributed by atoms with E-state index in [0.29, 0.717) is 6.54 Å². The fourth-order valence-electron chi connectivity index (χ4n) is 3.09. The monoisotopic (exact) mass is 321 g/mol. The first-order valence-electron chi connectivity index (χ1n) is 8.18. The second-order valence-electron chi connectivity index (χ2n) is 6.10. The minimum absolute atomic E-state index is 0.0115. The summed E-state index contributed by atoms with van der Waals surface area (Å²) in [6, 6.07) is 14.7. The molecule has 0 saturated carbocycles. The lowest BCUT2D eigenvalue weighted by Crippen LogP contribution is -2.18. The summed E-state index contributed by atoms with van der Waals surface area (Å²) in [6.45, 7) is 5.07. The van der Waals surface area contributed by atoms with Crippen molar-refractivity contribution < 1.29 is 4.79 Å². The average Bonchev–Trinajstić information content (AvgIpc) is 2.90. The third-order valence-corrected chi connectivity index (χ3v) is 4.32. The highest BCUT2D eigenvalue weighted by Crippen LogP contribution is 2.32. The molecule has 124 valence electrons. The first kappa shape index (κ1) is 16.3. The van der Waals surface area contributed by atoms with Gasteiger partial charge in [0.25, 0.3) is 0 Å². The summed E-state index contributed by atoms with van der Waals surface area (Å²) in [5.74, 6) is -0.0115. The number of H-pyrrole nitrogens is 1. The smallest absolute Gasteiger partial charge is 0.217 e. The van der Waals surface area contributed by atoms with Gasteiger partial charge in [0.2, 0.25) is 5.91 Å². The van der Waals surface area contributed by atoms with Crippen LogP contribution in [-0.2, 0) is 17.9 Å². The highest BCUT2D eigenvalue weighted by molar-refractivity contribution is 5.91. The Morgan fingerprint density at radius 3 is 2.67 bits per heavy atom. The average molecular weight is 321 g/mol. The molecule has 3 aromatic rings. The summed E-state index contributed by atoms with van der Waals surface area (Å²) in [5.41, 5.74) is 7.12. The topological polar surface area (TPSA) is 56.9 Å². The van der Waals surface area contributed by atoms with Crippen molar-refractivity contribution in [2.45, 2.75) is 26.9 Å². The molecule has 0 saturated heterocycles. The van der Waals surface area contributed by atoms with E-state index in [9.17, 15) is 4.79 Å². The lowest BCUT2D eigenvalue weighted by Gasteiger charge is -2.08. The van der Waals surface area contributed by atoms with E-state index in [1.165, 1.54) is 29.0 Å². The molecule has 24 heavy (non-hydrogen) atoms. The predicted octanol–water partition coefficient (Wildman–Crippen LogP) is 3.50. The van der Waals surface area contributed by atoms with E-state index in [1.54, 1.807) is 0 Å². The summed E-state index contributed by atoms with van der Waals surface area (Å²) in [6.07, 6.45) is 0. The number of aryl methyl sites for hydroxylation is 1. The van der Waals surface area contributed by atoms with Gasteiger partial charge < -0.3 is 15.6 Å². The normalized spacial score (nSPS) is 11.0. The first-order valence-corrected chi connectivity index (χ1v) is 8.18. The van der Waals surface area contributed by atoms with Gasteiger partial charge in [0.15, 0.2) is 0 Å². The molecule has 4 nitrogen and oxygen atoms in total. The van der Waals surface area contributed by atoms with Gasteiger partial charge in [0.1, 0.15) is 0 Å². The standard InChI is InChI=1S/C20H23N3O/c1-13-18-10-15(11-22-14(2)24)8-9-19(18)23-20(13)17-7-5-4-6-16(17)12-21-3/h4-10,21,23H,11-12H2,1-3H3,(H,22,24). The van der Waals surface area contributed by atoms with Crippen molar-refractivity contribution in [2.24, 2.45) is 0 Å². The van der Waals surface area contributed by atoms with Gasteiger partial charge in [-0.15, -0.1) is 0 Å². The van der Waals surface area contributed by atoms with Crippen molar-refractivity contribution in [3.63, 3.8) is 0 Å². The van der Waals surface area contributed by atoms with E-state index < -0.39 is 0 Å². The van der Waals surface area contributed by atoms with Gasteiger partial charge in [-0.25, -0.2) is 0 Å². The van der Waals surface area contributed by atoms with Gasteiger partial charge in [-0.05, 0) is 42.8 Å². The van der Waals surface area contributed by atoms with Crippen LogP contribution in [0.3, 0.4) is 0 Å². The Morgan fingerprint density at radius 2 is 1.92 bits per heavy atom. The molecule has 1 amide bonds. The number of rotatable bonds is 5. The van der Waals surface area contributed by atoms with Crippen LogP contribution in [0.25, 0.3) is 22.2 Å². The third kappa shape index (κ3) is 3.19. The van der Waals surface area contributed by atoms with E-state index in [-0.39, 0.29) is 5.91 Å². The number of nitrogens with one attached hydrogen (secondary N) is 3. The van der Waals surface area contributed by atoms with Crippen LogP contribution in [0.2, 0.25) is 0 Å². The maximum absolute atomic E-state index is 11.1. The SMILES string of the molecule is CNCc1ccccc1-c1[nH]c2ccc(CNC(C)=O)cc2c1C. The molecule has 0 atom stereocenters. The van der Waals surface area contributed by atoms with Crippen LogP contribution in [0, 0.1) is 6.92 Å². The van der Waals surface area contributed by atoms with E-state index >= 15 is 0 Å². The minimum atomic E-state index is -0.0115. The van der Waals surface area contributed by atoms with Crippen molar-refractivity contribution in [3.8, 4) is 11.3 Å². The van der Waals surface area contributed by atoms with Gasteiger partial charge in [-0.2, -0.15) is 0 Å². The summed E-state index contributed by atoms with van der Waals surface area (Å²) in [5, 5.41) is 7.28. The molecular weight excluding hydrogens is 298 g/mol. The molecule has 2 aromatic carbocycles. The maximum atomic E-state index is 11.1. The van der Waals surface area contributed by atoms with Gasteiger partial charge in [0, 0.05) is 42.2 Å². The molecule has 4 heteroatoms. The molecule has 0 bridgehead atoms. The third-order valence-electron chi connectivity index (χ3n) is 4.32. The summed E-state index contributed by atoms with van der Waals surface area (Å²) in [7, 11) is 1.96. The Kier molecular flexibility index (Phi) is 4.67. The van der Waals surface area contributed by atoms with Crippen LogP contribution in [0.1, 0.15) is 23.6 Å². The number of aromatic amines is 1.